The third-order valence-corrected chi connectivity index (χ3v) is 7.08. The van der Waals surface area contributed by atoms with E-state index in [1.807, 2.05) is 19.9 Å². The highest BCUT2D eigenvalue weighted by Crippen LogP contribution is 2.49. The summed E-state index contributed by atoms with van der Waals surface area (Å²) < 4.78 is 12.5. The topological polar surface area (TPSA) is 96.2 Å². The molecule has 6 heteroatoms. The standard InChI is InChI=1S/C30H36O6/c1-17(2)7-6-13-30(5)14-12-20-19(10-11-22(31)29(20)36-30)25-16-24(33)27-26(35-25)15-23(32)21(28(27)34)9-8-18(3)4/h7-8,10-11,15,25,31-32,34H,6,9,12-14,16H2,1-5H3/t25-,30-/m0/s1. The number of allylic oxidation sites excluding steroid dienone is 4. The van der Waals surface area contributed by atoms with Crippen molar-refractivity contribution in [1.82, 2.24) is 0 Å². The summed E-state index contributed by atoms with van der Waals surface area (Å²) in [4.78, 5) is 13.2. The molecule has 0 bridgehead atoms. The molecule has 192 valence electrons. The van der Waals surface area contributed by atoms with Gasteiger partial charge in [-0.15, -0.1) is 0 Å². The van der Waals surface area contributed by atoms with Crippen LogP contribution in [0.25, 0.3) is 0 Å². The summed E-state index contributed by atoms with van der Waals surface area (Å²) in [5.74, 6) is 0.0980. The Labute approximate surface area is 212 Å². The third-order valence-electron chi connectivity index (χ3n) is 7.08. The van der Waals surface area contributed by atoms with Crippen molar-refractivity contribution in [2.24, 2.45) is 0 Å². The van der Waals surface area contributed by atoms with Gasteiger partial charge in [0, 0.05) is 17.2 Å². The predicted molar refractivity (Wildman–Crippen MR) is 139 cm³/mol. The van der Waals surface area contributed by atoms with Crippen molar-refractivity contribution in [2.45, 2.75) is 84.8 Å². The summed E-state index contributed by atoms with van der Waals surface area (Å²) in [6.07, 6.45) is 7.02. The fraction of sp³-hybridized carbons (Fsp3) is 0.433. The molecule has 2 atom stereocenters. The monoisotopic (exact) mass is 492 g/mol. The summed E-state index contributed by atoms with van der Waals surface area (Å²) in [5.41, 5.74) is 3.95. The van der Waals surface area contributed by atoms with Crippen LogP contribution in [0, 0.1) is 0 Å². The van der Waals surface area contributed by atoms with Gasteiger partial charge in [-0.05, 0) is 78.4 Å². The number of phenols is 3. The number of phenolic OH excluding ortho intramolecular Hbond substituents is 3. The largest absolute Gasteiger partial charge is 0.507 e. The molecule has 0 amide bonds. The summed E-state index contributed by atoms with van der Waals surface area (Å²) in [5, 5.41) is 32.0. The lowest BCUT2D eigenvalue weighted by atomic mass is 9.84. The first kappa shape index (κ1) is 25.7. The molecule has 6 nitrogen and oxygen atoms in total. The van der Waals surface area contributed by atoms with E-state index < -0.39 is 11.7 Å². The number of hydrogen-bond donors (Lipinski definition) is 3. The molecule has 3 N–H and O–H groups in total. The average Bonchev–Trinajstić information content (AvgIpc) is 2.78. The van der Waals surface area contributed by atoms with E-state index >= 15 is 0 Å². The lowest BCUT2D eigenvalue weighted by Crippen LogP contribution is -2.37. The van der Waals surface area contributed by atoms with Crippen molar-refractivity contribution in [3.63, 3.8) is 0 Å². The van der Waals surface area contributed by atoms with Crippen LogP contribution in [0.1, 0.15) is 93.5 Å². The minimum absolute atomic E-state index is 0.0441. The molecule has 2 heterocycles. The second kappa shape index (κ2) is 9.92. The van der Waals surface area contributed by atoms with Gasteiger partial charge in [-0.2, -0.15) is 0 Å². The van der Waals surface area contributed by atoms with Crippen LogP contribution >= 0.6 is 0 Å². The molecule has 2 aliphatic heterocycles. The average molecular weight is 493 g/mol. The van der Waals surface area contributed by atoms with Crippen LogP contribution in [0.3, 0.4) is 0 Å². The van der Waals surface area contributed by atoms with Crippen LogP contribution in [-0.4, -0.2) is 26.7 Å². The maximum atomic E-state index is 13.2. The van der Waals surface area contributed by atoms with Crippen LogP contribution in [0.5, 0.6) is 28.7 Å². The highest BCUT2D eigenvalue weighted by molar-refractivity contribution is 6.03. The van der Waals surface area contributed by atoms with Gasteiger partial charge in [0.15, 0.2) is 17.3 Å². The van der Waals surface area contributed by atoms with Gasteiger partial charge >= 0.3 is 0 Å². The van der Waals surface area contributed by atoms with E-state index in [4.69, 9.17) is 9.47 Å². The summed E-state index contributed by atoms with van der Waals surface area (Å²) in [6, 6.07) is 4.77. The van der Waals surface area contributed by atoms with Crippen LogP contribution in [0.2, 0.25) is 0 Å². The number of carbonyl (C=O) groups is 1. The first-order valence-electron chi connectivity index (χ1n) is 12.6. The Hall–Kier alpha value is -3.41. The van der Waals surface area contributed by atoms with Gasteiger partial charge in [0.2, 0.25) is 0 Å². The van der Waals surface area contributed by atoms with E-state index in [0.29, 0.717) is 24.2 Å². The van der Waals surface area contributed by atoms with E-state index in [1.54, 1.807) is 12.1 Å². The highest BCUT2D eigenvalue weighted by atomic mass is 16.5. The SMILES string of the molecule is CC(C)=CCC[C@@]1(C)CCc2c([C@@H]3CC(=O)c4c(cc(O)c(CC=C(C)C)c4O)O3)ccc(O)c2O1. The number of hydrogen-bond acceptors (Lipinski definition) is 6. The van der Waals surface area contributed by atoms with Crippen LogP contribution in [-0.2, 0) is 12.8 Å². The Morgan fingerprint density at radius 2 is 1.81 bits per heavy atom. The molecule has 0 radical (unpaired) electrons. The molecule has 0 spiro atoms. The molecule has 0 unspecified atom stereocenters. The second-order valence-corrected chi connectivity index (χ2v) is 10.7. The molecular weight excluding hydrogens is 456 g/mol. The Morgan fingerprint density at radius 1 is 1.08 bits per heavy atom. The summed E-state index contributed by atoms with van der Waals surface area (Å²) in [6.45, 7) is 10.1. The van der Waals surface area contributed by atoms with Crippen molar-refractivity contribution in [3.8, 4) is 28.7 Å². The number of rotatable bonds is 6. The highest BCUT2D eigenvalue weighted by Gasteiger charge is 2.38. The zero-order chi connectivity index (χ0) is 26.2. The zero-order valence-corrected chi connectivity index (χ0v) is 21.8. The Balaban J connectivity index is 1.64. The van der Waals surface area contributed by atoms with Gasteiger partial charge in [-0.1, -0.05) is 29.4 Å². The van der Waals surface area contributed by atoms with E-state index in [9.17, 15) is 20.1 Å². The van der Waals surface area contributed by atoms with Crippen molar-refractivity contribution in [3.05, 3.63) is 63.8 Å². The normalized spacial score (nSPS) is 20.5. The van der Waals surface area contributed by atoms with Crippen LogP contribution in [0.15, 0.2) is 41.5 Å². The van der Waals surface area contributed by atoms with E-state index in [1.165, 1.54) is 11.6 Å². The molecule has 0 aromatic heterocycles. The van der Waals surface area contributed by atoms with E-state index in [-0.39, 0.29) is 40.8 Å². The number of fused-ring (bicyclic) bond motifs is 2. The lowest BCUT2D eigenvalue weighted by molar-refractivity contribution is 0.0520. The lowest BCUT2D eigenvalue weighted by Gasteiger charge is -2.38. The van der Waals surface area contributed by atoms with Crippen molar-refractivity contribution in [1.29, 1.82) is 0 Å². The molecular formula is C30H36O6. The number of benzene rings is 2. The molecule has 0 saturated heterocycles. The molecule has 2 aromatic rings. The van der Waals surface area contributed by atoms with Gasteiger partial charge in [-0.3, -0.25) is 4.79 Å². The first-order chi connectivity index (χ1) is 17.0. The third kappa shape index (κ3) is 5.08. The minimum atomic E-state index is -0.611. The van der Waals surface area contributed by atoms with Crippen LogP contribution < -0.4 is 9.47 Å². The first-order valence-corrected chi connectivity index (χ1v) is 12.6. The molecule has 2 aromatic carbocycles. The summed E-state index contributed by atoms with van der Waals surface area (Å²) >= 11 is 0. The number of Topliss-reactive ketones (excluding diaryl/α,β-unsaturated/α-hetero) is 1. The molecule has 0 aliphatic carbocycles. The van der Waals surface area contributed by atoms with Gasteiger partial charge in [0.25, 0.3) is 0 Å². The molecule has 36 heavy (non-hydrogen) atoms. The Kier molecular flexibility index (Phi) is 7.07. The van der Waals surface area contributed by atoms with Gasteiger partial charge < -0.3 is 24.8 Å². The molecule has 2 aliphatic rings. The maximum absolute atomic E-state index is 13.2. The van der Waals surface area contributed by atoms with Gasteiger partial charge in [0.05, 0.1) is 6.42 Å². The second-order valence-electron chi connectivity index (χ2n) is 10.7. The predicted octanol–water partition coefficient (Wildman–Crippen LogP) is 6.85. The van der Waals surface area contributed by atoms with Crippen molar-refractivity contribution < 1.29 is 29.6 Å². The minimum Gasteiger partial charge on any atom is -0.507 e. The van der Waals surface area contributed by atoms with Gasteiger partial charge in [0.1, 0.15) is 34.5 Å². The Bertz CT molecular complexity index is 1250. The number of carbonyl (C=O) groups excluding carboxylic acids is 1. The molecule has 0 saturated carbocycles. The Morgan fingerprint density at radius 3 is 2.50 bits per heavy atom. The zero-order valence-electron chi connectivity index (χ0n) is 21.8. The number of ketones is 1. The maximum Gasteiger partial charge on any atom is 0.174 e. The fourth-order valence-electron chi connectivity index (χ4n) is 5.01. The molecule has 4 rings (SSSR count). The smallest absolute Gasteiger partial charge is 0.174 e. The van der Waals surface area contributed by atoms with Crippen LogP contribution in [0.4, 0.5) is 0 Å². The van der Waals surface area contributed by atoms with Gasteiger partial charge in [-0.25, -0.2) is 0 Å². The fourth-order valence-corrected chi connectivity index (χ4v) is 5.01. The van der Waals surface area contributed by atoms with E-state index in [2.05, 4.69) is 26.8 Å². The van der Waals surface area contributed by atoms with E-state index in [0.717, 1.165) is 36.0 Å². The van der Waals surface area contributed by atoms with Crippen molar-refractivity contribution in [2.75, 3.05) is 0 Å². The number of ether oxygens (including phenoxy) is 2. The molecule has 0 fully saturated rings. The number of aromatic hydroxyl groups is 3. The quantitative estimate of drug-likeness (QED) is 0.382. The van der Waals surface area contributed by atoms with Crippen molar-refractivity contribution >= 4 is 5.78 Å². The summed E-state index contributed by atoms with van der Waals surface area (Å²) in [7, 11) is 0.